The molecule has 9 nitrogen and oxygen atoms in total. The molecule has 1 amide bonds. The number of hydroxylamine groups is 1. The standard InChI is InChI=1S/C25H43N7O2/c26-15-17-3-5-18(6-4-17)16-32-11-1-2-21(32)25-29-24(30-34-25)20-7-10-28-22(14-20)31-12-8-19(9-13-31)23(27)33/h17-22,24-25,28-30H,1-14,16H2,(H2,27,33)/p+2. The number of quaternary nitrogens is 2. The molecule has 1 aliphatic carbocycles. The molecule has 34 heavy (non-hydrogen) atoms. The van der Waals surface area contributed by atoms with Crippen LogP contribution in [-0.2, 0) is 9.63 Å². The Bertz CT molecular complexity index is 729. The highest BCUT2D eigenvalue weighted by Gasteiger charge is 2.45. The molecule has 9 heteroatoms. The van der Waals surface area contributed by atoms with E-state index in [0.717, 1.165) is 57.7 Å². The summed E-state index contributed by atoms with van der Waals surface area (Å²) in [7, 11) is 0. The third-order valence-corrected chi connectivity index (χ3v) is 9.54. The summed E-state index contributed by atoms with van der Waals surface area (Å²) in [5.41, 5.74) is 8.91. The van der Waals surface area contributed by atoms with Gasteiger partial charge in [-0.25, -0.2) is 0 Å². The lowest BCUT2D eigenvalue weighted by atomic mass is 9.82. The number of carbonyl (C=O) groups is 1. The van der Waals surface area contributed by atoms with Gasteiger partial charge in [-0.1, -0.05) is 0 Å². The first-order chi connectivity index (χ1) is 16.6. The second kappa shape index (κ2) is 11.2. The van der Waals surface area contributed by atoms with Crippen LogP contribution in [0, 0.1) is 35.0 Å². The molecule has 4 heterocycles. The summed E-state index contributed by atoms with van der Waals surface area (Å²) >= 11 is 0. The van der Waals surface area contributed by atoms with E-state index < -0.39 is 0 Å². The first kappa shape index (κ1) is 24.4. The van der Waals surface area contributed by atoms with Crippen LogP contribution in [0.5, 0.6) is 0 Å². The van der Waals surface area contributed by atoms with Gasteiger partial charge in [-0.15, -0.1) is 0 Å². The van der Waals surface area contributed by atoms with Crippen molar-refractivity contribution < 1.29 is 19.8 Å². The molecule has 6 atom stereocenters. The molecule has 4 aliphatic heterocycles. The van der Waals surface area contributed by atoms with Gasteiger partial charge in [0.25, 0.3) is 0 Å². The Kier molecular flexibility index (Phi) is 8.04. The fourth-order valence-electron chi connectivity index (χ4n) is 7.39. The van der Waals surface area contributed by atoms with E-state index in [-0.39, 0.29) is 30.1 Å². The van der Waals surface area contributed by atoms with E-state index >= 15 is 0 Å². The van der Waals surface area contributed by atoms with Crippen molar-refractivity contribution in [1.82, 2.24) is 15.7 Å². The summed E-state index contributed by atoms with van der Waals surface area (Å²) in [4.78, 5) is 22.0. The van der Waals surface area contributed by atoms with Crippen molar-refractivity contribution in [2.45, 2.75) is 88.8 Å². The summed E-state index contributed by atoms with van der Waals surface area (Å²) in [6.45, 7) is 5.57. The number of piperidine rings is 2. The van der Waals surface area contributed by atoms with Crippen LogP contribution in [0.2, 0.25) is 0 Å². The lowest BCUT2D eigenvalue weighted by molar-refractivity contribution is -0.919. The second-order valence-corrected chi connectivity index (χ2v) is 11.6. The molecule has 190 valence electrons. The van der Waals surface area contributed by atoms with E-state index in [0.29, 0.717) is 18.1 Å². The number of hydrogen-bond donors (Lipinski definition) is 5. The number of primary amides is 1. The average molecular weight is 476 g/mol. The molecule has 0 spiro atoms. The van der Waals surface area contributed by atoms with Crippen LogP contribution >= 0.6 is 0 Å². The van der Waals surface area contributed by atoms with Gasteiger partial charge >= 0.3 is 0 Å². The highest BCUT2D eigenvalue weighted by atomic mass is 16.7. The van der Waals surface area contributed by atoms with E-state index in [1.807, 2.05) is 0 Å². The normalized spacial score (nSPS) is 42.4. The molecule has 5 fully saturated rings. The molecule has 6 unspecified atom stereocenters. The van der Waals surface area contributed by atoms with Crippen molar-refractivity contribution in [2.75, 3.05) is 32.7 Å². The number of carbonyl (C=O) groups excluding carboxylic acids is 1. The minimum Gasteiger partial charge on any atom is -0.369 e. The van der Waals surface area contributed by atoms with Gasteiger partial charge in [-0.3, -0.25) is 19.8 Å². The maximum absolute atomic E-state index is 11.5. The zero-order chi connectivity index (χ0) is 23.5. The quantitative estimate of drug-likeness (QED) is 0.323. The monoisotopic (exact) mass is 475 g/mol. The van der Waals surface area contributed by atoms with Crippen molar-refractivity contribution in [3.05, 3.63) is 0 Å². The van der Waals surface area contributed by atoms with E-state index in [9.17, 15) is 10.1 Å². The average Bonchev–Trinajstić information content (AvgIpc) is 3.54. The Morgan fingerprint density at radius 2 is 1.94 bits per heavy atom. The predicted octanol–water partition coefficient (Wildman–Crippen LogP) is -1.36. The Hall–Kier alpha value is -1.28. The summed E-state index contributed by atoms with van der Waals surface area (Å²) in [6, 6.07) is 2.99. The molecule has 4 saturated heterocycles. The maximum atomic E-state index is 11.5. The molecule has 0 radical (unpaired) electrons. The molecule has 5 rings (SSSR count). The SMILES string of the molecule is N#CC1CCC(C[NH+]2CCCC2C2NC(C3CC[NH2+]C(N4CCC(C(N)=O)CC4)C3)NO2)CC1. The van der Waals surface area contributed by atoms with Crippen LogP contribution in [0.1, 0.15) is 64.2 Å². The fourth-order valence-corrected chi connectivity index (χ4v) is 7.39. The van der Waals surface area contributed by atoms with E-state index in [2.05, 4.69) is 27.1 Å². The van der Waals surface area contributed by atoms with Gasteiger partial charge in [0.1, 0.15) is 12.2 Å². The van der Waals surface area contributed by atoms with Crippen LogP contribution in [0.15, 0.2) is 0 Å². The molecular weight excluding hydrogens is 430 g/mol. The Morgan fingerprint density at radius 3 is 2.68 bits per heavy atom. The van der Waals surface area contributed by atoms with E-state index in [1.165, 1.54) is 45.2 Å². The van der Waals surface area contributed by atoms with Gasteiger partial charge in [0.05, 0.1) is 31.9 Å². The third kappa shape index (κ3) is 5.58. The largest absolute Gasteiger partial charge is 0.369 e. The highest BCUT2D eigenvalue weighted by Crippen LogP contribution is 2.28. The van der Waals surface area contributed by atoms with E-state index in [4.69, 9.17) is 10.6 Å². The third-order valence-electron chi connectivity index (χ3n) is 9.54. The fraction of sp³-hybridized carbons (Fsp3) is 0.920. The molecule has 0 aromatic heterocycles. The summed E-state index contributed by atoms with van der Waals surface area (Å²) < 4.78 is 0. The van der Waals surface area contributed by atoms with Gasteiger partial charge in [0, 0.05) is 62.4 Å². The molecule has 0 aromatic rings. The van der Waals surface area contributed by atoms with Gasteiger partial charge in [-0.05, 0) is 38.5 Å². The van der Waals surface area contributed by atoms with Gasteiger partial charge in [0.15, 0.2) is 6.23 Å². The number of nitrogens with one attached hydrogen (secondary N) is 3. The molecule has 7 N–H and O–H groups in total. The minimum absolute atomic E-state index is 0.0567. The van der Waals surface area contributed by atoms with Crippen LogP contribution in [-0.4, -0.2) is 68.1 Å². The molecule has 1 saturated carbocycles. The number of hydrogen-bond acceptors (Lipinski definition) is 6. The molecule has 5 aliphatic rings. The second-order valence-electron chi connectivity index (χ2n) is 11.6. The number of amides is 1. The van der Waals surface area contributed by atoms with E-state index in [1.54, 1.807) is 4.90 Å². The zero-order valence-corrected chi connectivity index (χ0v) is 20.6. The Labute approximate surface area is 204 Å². The van der Waals surface area contributed by atoms with Crippen molar-refractivity contribution in [3.8, 4) is 6.07 Å². The summed E-state index contributed by atoms with van der Waals surface area (Å²) in [6.07, 6.45) is 12.0. The number of likely N-dealkylation sites (tertiary alicyclic amines) is 2. The van der Waals surface area contributed by atoms with Gasteiger partial charge in [-0.2, -0.15) is 10.7 Å². The lowest BCUT2D eigenvalue weighted by Crippen LogP contribution is -3.15. The lowest BCUT2D eigenvalue weighted by Gasteiger charge is -2.39. The predicted molar refractivity (Wildman–Crippen MR) is 127 cm³/mol. The van der Waals surface area contributed by atoms with Gasteiger partial charge in [0.2, 0.25) is 5.91 Å². The van der Waals surface area contributed by atoms with Crippen LogP contribution in [0.3, 0.4) is 0 Å². The molecule has 0 aromatic carbocycles. The van der Waals surface area contributed by atoms with Crippen LogP contribution in [0.25, 0.3) is 0 Å². The maximum Gasteiger partial charge on any atom is 0.220 e. The molecule has 0 bridgehead atoms. The minimum atomic E-state index is -0.134. The topological polar surface area (TPSA) is 124 Å². The number of nitrogens with two attached hydrogens (primary N) is 2. The van der Waals surface area contributed by atoms with Crippen molar-refractivity contribution in [2.24, 2.45) is 29.4 Å². The Balaban J connectivity index is 1.10. The summed E-state index contributed by atoms with van der Waals surface area (Å²) in [5.74, 6) is 1.53. The zero-order valence-electron chi connectivity index (χ0n) is 20.6. The molecular formula is C25H45N7O2+2. The Morgan fingerprint density at radius 1 is 1.15 bits per heavy atom. The number of nitriles is 1. The highest BCUT2D eigenvalue weighted by molar-refractivity contribution is 5.76. The number of rotatable bonds is 6. The van der Waals surface area contributed by atoms with Crippen molar-refractivity contribution in [3.63, 3.8) is 0 Å². The summed E-state index contributed by atoms with van der Waals surface area (Å²) in [5, 5.41) is 15.5. The first-order valence-electron chi connectivity index (χ1n) is 13.9. The van der Waals surface area contributed by atoms with Crippen LogP contribution in [0.4, 0.5) is 0 Å². The number of nitrogens with zero attached hydrogens (tertiary/aromatic N) is 2. The van der Waals surface area contributed by atoms with Crippen molar-refractivity contribution in [1.29, 1.82) is 5.26 Å². The van der Waals surface area contributed by atoms with Crippen LogP contribution < -0.4 is 26.7 Å². The van der Waals surface area contributed by atoms with Crippen molar-refractivity contribution >= 4 is 5.91 Å². The first-order valence-corrected chi connectivity index (χ1v) is 13.9. The van der Waals surface area contributed by atoms with Gasteiger partial charge < -0.3 is 16.0 Å². The smallest absolute Gasteiger partial charge is 0.220 e.